The van der Waals surface area contributed by atoms with Gasteiger partial charge in [0.15, 0.2) is 5.96 Å². The molecule has 0 saturated carbocycles. The first-order chi connectivity index (χ1) is 16.8. The Morgan fingerprint density at radius 2 is 1.71 bits per heavy atom. The maximum absolute atomic E-state index is 13.1. The minimum atomic E-state index is -0.798. The molecule has 0 aliphatic carbocycles. The fourth-order valence-corrected chi connectivity index (χ4v) is 4.06. The molecule has 3 aromatic rings. The lowest BCUT2D eigenvalue weighted by atomic mass is 9.93. The van der Waals surface area contributed by atoms with Crippen molar-refractivity contribution in [3.05, 3.63) is 95.6 Å². The summed E-state index contributed by atoms with van der Waals surface area (Å²) in [5.41, 5.74) is 9.13. The summed E-state index contributed by atoms with van der Waals surface area (Å²) < 4.78 is 0. The maximum atomic E-state index is 13.1. The minimum Gasteiger partial charge on any atom is -0.399 e. The number of guanidine groups is 1. The smallest absolute Gasteiger partial charge is 0.319 e. The molecule has 8 nitrogen and oxygen atoms in total. The van der Waals surface area contributed by atoms with Crippen LogP contribution < -0.4 is 21.7 Å². The normalized spacial score (nSPS) is 17.2. The summed E-state index contributed by atoms with van der Waals surface area (Å²) in [4.78, 5) is 26.8. The highest BCUT2D eigenvalue weighted by Crippen LogP contribution is 2.24. The Balaban J connectivity index is 1.29. The Morgan fingerprint density at radius 1 is 1.00 bits per heavy atom. The van der Waals surface area contributed by atoms with Gasteiger partial charge in [-0.05, 0) is 54.7 Å². The van der Waals surface area contributed by atoms with Gasteiger partial charge in [0.1, 0.15) is 5.54 Å². The topological polar surface area (TPSA) is 123 Å². The van der Waals surface area contributed by atoms with Gasteiger partial charge in [-0.25, -0.2) is 4.79 Å². The number of nitrogens with zero attached hydrogens (tertiary/aromatic N) is 1. The van der Waals surface area contributed by atoms with Crippen molar-refractivity contribution in [2.24, 2.45) is 0 Å². The molecule has 3 amide bonds. The summed E-state index contributed by atoms with van der Waals surface area (Å²) >= 11 is 0. The molecule has 1 atom stereocenters. The zero-order chi connectivity index (χ0) is 24.8. The van der Waals surface area contributed by atoms with Crippen LogP contribution in [0.1, 0.15) is 30.0 Å². The number of nitrogen functional groups attached to an aromatic ring is 1. The van der Waals surface area contributed by atoms with E-state index in [1.54, 1.807) is 24.3 Å². The zero-order valence-electron chi connectivity index (χ0n) is 19.7. The first kappa shape index (κ1) is 23.8. The van der Waals surface area contributed by atoms with Crippen LogP contribution in [0.5, 0.6) is 0 Å². The molecule has 1 aliphatic heterocycles. The van der Waals surface area contributed by atoms with E-state index in [-0.39, 0.29) is 17.9 Å². The van der Waals surface area contributed by atoms with Crippen LogP contribution in [0.15, 0.2) is 78.9 Å². The fourth-order valence-electron chi connectivity index (χ4n) is 4.06. The third-order valence-electron chi connectivity index (χ3n) is 6.10. The van der Waals surface area contributed by atoms with E-state index in [1.165, 1.54) is 10.5 Å². The first-order valence-corrected chi connectivity index (χ1v) is 11.5. The van der Waals surface area contributed by atoms with Crippen molar-refractivity contribution >= 4 is 29.3 Å². The average Bonchev–Trinajstić information content (AvgIpc) is 3.06. The van der Waals surface area contributed by atoms with E-state index in [0.717, 1.165) is 17.5 Å². The number of nitrogens with two attached hydrogens (primary N) is 1. The number of carbonyl (C=O) groups is 2. The molecular formula is C27H30N6O2. The molecule has 1 heterocycles. The number of benzene rings is 3. The van der Waals surface area contributed by atoms with Crippen LogP contribution in [0.25, 0.3) is 0 Å². The molecule has 0 unspecified atom stereocenters. The summed E-state index contributed by atoms with van der Waals surface area (Å²) in [6.07, 6.45) is 1.36. The number of amides is 3. The standard InChI is InChI=1S/C27H30N6O2/c1-27(15-14-19-6-3-2-4-7-19)24(34)33(25(29)32-27)18-21-12-10-20(11-13-21)17-30-26(35)31-23-9-5-8-22(28)16-23/h2-13,16H,14-15,17-18,28H2,1H3,(H2,29,32)(H2,30,31,35)/t27-/m1/s1. The van der Waals surface area contributed by atoms with Gasteiger partial charge in [0.05, 0.1) is 6.54 Å². The molecule has 1 aliphatic rings. The monoisotopic (exact) mass is 470 g/mol. The number of hydrogen-bond donors (Lipinski definition) is 5. The zero-order valence-corrected chi connectivity index (χ0v) is 19.7. The number of anilines is 2. The second kappa shape index (κ2) is 10.3. The molecule has 4 rings (SSSR count). The molecule has 0 bridgehead atoms. The summed E-state index contributed by atoms with van der Waals surface area (Å²) in [5.74, 6) is 0.0249. The number of rotatable bonds is 8. The van der Waals surface area contributed by atoms with Crippen LogP contribution in [-0.2, 0) is 24.3 Å². The van der Waals surface area contributed by atoms with Crippen LogP contribution in [0.3, 0.4) is 0 Å². The predicted octanol–water partition coefficient (Wildman–Crippen LogP) is 3.85. The van der Waals surface area contributed by atoms with Gasteiger partial charge >= 0.3 is 6.03 Å². The Kier molecular flexibility index (Phi) is 7.01. The highest BCUT2D eigenvalue weighted by atomic mass is 16.2. The molecule has 3 aromatic carbocycles. The largest absolute Gasteiger partial charge is 0.399 e. The van der Waals surface area contributed by atoms with Gasteiger partial charge in [-0.3, -0.25) is 15.1 Å². The van der Waals surface area contributed by atoms with E-state index in [2.05, 4.69) is 16.0 Å². The lowest BCUT2D eigenvalue weighted by Gasteiger charge is -2.22. The van der Waals surface area contributed by atoms with Crippen LogP contribution in [0.2, 0.25) is 0 Å². The Hall–Kier alpha value is -4.33. The van der Waals surface area contributed by atoms with E-state index < -0.39 is 5.54 Å². The Labute approximate surface area is 205 Å². The van der Waals surface area contributed by atoms with E-state index in [0.29, 0.717) is 30.9 Å². The number of nitrogens with one attached hydrogen (secondary N) is 4. The molecule has 1 fully saturated rings. The summed E-state index contributed by atoms with van der Waals surface area (Å²) in [6.45, 7) is 2.53. The second-order valence-electron chi connectivity index (χ2n) is 8.93. The van der Waals surface area contributed by atoms with E-state index in [4.69, 9.17) is 11.1 Å². The molecule has 0 spiro atoms. The van der Waals surface area contributed by atoms with Gasteiger partial charge in [-0.15, -0.1) is 0 Å². The van der Waals surface area contributed by atoms with Crippen molar-refractivity contribution in [3.63, 3.8) is 0 Å². The fraction of sp³-hybridized carbons (Fsp3) is 0.222. The lowest BCUT2D eigenvalue weighted by molar-refractivity contribution is -0.131. The minimum absolute atomic E-state index is 0.0950. The van der Waals surface area contributed by atoms with Crippen molar-refractivity contribution in [2.75, 3.05) is 11.1 Å². The number of hydrogen-bond acceptors (Lipinski definition) is 4. The Bertz CT molecular complexity index is 1210. The molecule has 6 N–H and O–H groups in total. The lowest BCUT2D eigenvalue weighted by Crippen LogP contribution is -2.44. The van der Waals surface area contributed by atoms with Crippen molar-refractivity contribution in [1.29, 1.82) is 5.41 Å². The first-order valence-electron chi connectivity index (χ1n) is 11.5. The van der Waals surface area contributed by atoms with Gasteiger partial charge in [-0.2, -0.15) is 0 Å². The van der Waals surface area contributed by atoms with Gasteiger partial charge in [0.2, 0.25) is 0 Å². The van der Waals surface area contributed by atoms with Crippen LogP contribution in [0.4, 0.5) is 16.2 Å². The number of aryl methyl sites for hydroxylation is 1. The van der Waals surface area contributed by atoms with Gasteiger partial charge in [0, 0.05) is 17.9 Å². The highest BCUT2D eigenvalue weighted by molar-refractivity contribution is 6.07. The Morgan fingerprint density at radius 3 is 2.43 bits per heavy atom. The predicted molar refractivity (Wildman–Crippen MR) is 138 cm³/mol. The molecule has 180 valence electrons. The molecule has 0 radical (unpaired) electrons. The van der Waals surface area contributed by atoms with Crippen molar-refractivity contribution in [2.45, 2.75) is 38.4 Å². The molecule has 1 saturated heterocycles. The molecule has 0 aromatic heterocycles. The summed E-state index contributed by atoms with van der Waals surface area (Å²) in [6, 6.07) is 24.3. The highest BCUT2D eigenvalue weighted by Gasteiger charge is 2.45. The molecule has 35 heavy (non-hydrogen) atoms. The number of urea groups is 1. The SMILES string of the molecule is C[C@]1(CCc2ccccc2)NC(=N)N(Cc2ccc(CNC(=O)Nc3cccc(N)c3)cc2)C1=O. The maximum Gasteiger partial charge on any atom is 0.319 e. The summed E-state index contributed by atoms with van der Waals surface area (Å²) in [5, 5.41) is 17.0. The van der Waals surface area contributed by atoms with Crippen molar-refractivity contribution in [1.82, 2.24) is 15.5 Å². The third kappa shape index (κ3) is 5.97. The van der Waals surface area contributed by atoms with E-state index in [1.807, 2.05) is 61.5 Å². The third-order valence-corrected chi connectivity index (χ3v) is 6.10. The van der Waals surface area contributed by atoms with E-state index in [9.17, 15) is 9.59 Å². The quantitative estimate of drug-likeness (QED) is 0.321. The molecular weight excluding hydrogens is 440 g/mol. The summed E-state index contributed by atoms with van der Waals surface area (Å²) in [7, 11) is 0. The van der Waals surface area contributed by atoms with Crippen LogP contribution in [-0.4, -0.2) is 28.3 Å². The van der Waals surface area contributed by atoms with Crippen LogP contribution in [0, 0.1) is 5.41 Å². The van der Waals surface area contributed by atoms with Gasteiger partial charge in [-0.1, -0.05) is 60.7 Å². The van der Waals surface area contributed by atoms with E-state index >= 15 is 0 Å². The van der Waals surface area contributed by atoms with Crippen LogP contribution >= 0.6 is 0 Å². The average molecular weight is 471 g/mol. The molecule has 8 heteroatoms. The van der Waals surface area contributed by atoms with Crippen molar-refractivity contribution in [3.8, 4) is 0 Å². The van der Waals surface area contributed by atoms with Gasteiger partial charge < -0.3 is 21.7 Å². The van der Waals surface area contributed by atoms with Crippen molar-refractivity contribution < 1.29 is 9.59 Å². The number of carbonyl (C=O) groups excluding carboxylic acids is 2. The van der Waals surface area contributed by atoms with Gasteiger partial charge in [0.25, 0.3) is 5.91 Å². The second-order valence-corrected chi connectivity index (χ2v) is 8.93.